The van der Waals surface area contributed by atoms with E-state index in [-0.39, 0.29) is 23.0 Å². The summed E-state index contributed by atoms with van der Waals surface area (Å²) in [4.78, 5) is 39.5. The first-order valence-electron chi connectivity index (χ1n) is 11.3. The normalized spacial score (nSPS) is 20.6. The predicted molar refractivity (Wildman–Crippen MR) is 131 cm³/mol. The number of benzene rings is 2. The molecule has 0 spiro atoms. The van der Waals surface area contributed by atoms with Gasteiger partial charge in [0.25, 0.3) is 5.91 Å². The van der Waals surface area contributed by atoms with Gasteiger partial charge < -0.3 is 21.1 Å². The lowest BCUT2D eigenvalue weighted by atomic mass is 9.66. The first-order chi connectivity index (χ1) is 15.9. The van der Waals surface area contributed by atoms with Crippen molar-refractivity contribution in [2.24, 2.45) is 17.1 Å². The maximum atomic E-state index is 13.5. The Labute approximate surface area is 205 Å². The molecule has 1 fully saturated rings. The molecule has 2 atom stereocenters. The molecule has 4 N–H and O–H groups in total. The standard InChI is InChI=1S/C26H32ClN3O4/c1-16(2)21(29-23(32)18-7-5-6-17(14-18)22(28)31)24(33)30-13-12-26(34,25(3,4)15-30)19-8-10-20(27)11-9-19/h5-11,14,16,21,34H,12-13,15H2,1-4H3,(H2,28,31)(H,29,32)/t21-,26+/m1/s1. The molecule has 3 rings (SSSR count). The third-order valence-electron chi connectivity index (χ3n) is 6.71. The Balaban J connectivity index is 1.78. The highest BCUT2D eigenvalue weighted by molar-refractivity contribution is 6.30. The first-order valence-corrected chi connectivity index (χ1v) is 11.7. The molecule has 182 valence electrons. The Morgan fingerprint density at radius 2 is 1.71 bits per heavy atom. The summed E-state index contributed by atoms with van der Waals surface area (Å²) in [6.07, 6.45) is 0.354. The molecule has 2 aromatic carbocycles. The molecular weight excluding hydrogens is 454 g/mol. The second kappa shape index (κ2) is 9.76. The number of primary amides is 1. The molecule has 7 nitrogen and oxygen atoms in total. The van der Waals surface area contributed by atoms with Gasteiger partial charge in [0.05, 0.1) is 5.60 Å². The summed E-state index contributed by atoms with van der Waals surface area (Å²) in [5.41, 5.74) is 4.79. The van der Waals surface area contributed by atoms with E-state index in [4.69, 9.17) is 17.3 Å². The average Bonchev–Trinajstić information content (AvgIpc) is 2.78. The summed E-state index contributed by atoms with van der Waals surface area (Å²) >= 11 is 6.01. The van der Waals surface area contributed by atoms with Gasteiger partial charge in [-0.15, -0.1) is 0 Å². The molecule has 3 amide bonds. The zero-order valence-electron chi connectivity index (χ0n) is 20.0. The smallest absolute Gasteiger partial charge is 0.251 e. The van der Waals surface area contributed by atoms with Crippen LogP contribution in [0.5, 0.6) is 0 Å². The van der Waals surface area contributed by atoms with Gasteiger partial charge in [0.15, 0.2) is 0 Å². The van der Waals surface area contributed by atoms with Crippen LogP contribution in [0.4, 0.5) is 0 Å². The Morgan fingerprint density at radius 3 is 2.26 bits per heavy atom. The topological polar surface area (TPSA) is 113 Å². The van der Waals surface area contributed by atoms with Crippen molar-refractivity contribution in [3.05, 3.63) is 70.2 Å². The maximum absolute atomic E-state index is 13.5. The SMILES string of the molecule is CC(C)[C@@H](NC(=O)c1cccc(C(N)=O)c1)C(=O)N1CC[C@](O)(c2ccc(Cl)cc2)C(C)(C)C1. The van der Waals surface area contributed by atoms with Crippen LogP contribution in [0.15, 0.2) is 48.5 Å². The van der Waals surface area contributed by atoms with Crippen molar-refractivity contribution < 1.29 is 19.5 Å². The second-order valence-electron chi connectivity index (χ2n) is 9.90. The molecule has 0 aliphatic carbocycles. The van der Waals surface area contributed by atoms with Crippen LogP contribution in [0.3, 0.4) is 0 Å². The number of halogens is 1. The van der Waals surface area contributed by atoms with E-state index in [1.54, 1.807) is 29.2 Å². The Morgan fingerprint density at radius 1 is 1.09 bits per heavy atom. The minimum absolute atomic E-state index is 0.170. The van der Waals surface area contributed by atoms with Gasteiger partial charge in [-0.25, -0.2) is 0 Å². The molecule has 2 aromatic rings. The molecule has 0 bridgehead atoms. The van der Waals surface area contributed by atoms with Crippen molar-refractivity contribution in [3.8, 4) is 0 Å². The second-order valence-corrected chi connectivity index (χ2v) is 10.3. The number of piperidine rings is 1. The molecule has 0 radical (unpaired) electrons. The molecular formula is C26H32ClN3O4. The van der Waals surface area contributed by atoms with Gasteiger partial charge in [0.1, 0.15) is 6.04 Å². The van der Waals surface area contributed by atoms with Gasteiger partial charge in [-0.3, -0.25) is 14.4 Å². The summed E-state index contributed by atoms with van der Waals surface area (Å²) in [5.74, 6) is -1.46. The average molecular weight is 486 g/mol. The fourth-order valence-corrected chi connectivity index (χ4v) is 4.65. The van der Waals surface area contributed by atoms with E-state index in [2.05, 4.69) is 5.32 Å². The van der Waals surface area contributed by atoms with Crippen molar-refractivity contribution in [1.82, 2.24) is 10.2 Å². The number of nitrogens with zero attached hydrogens (tertiary/aromatic N) is 1. The molecule has 0 aromatic heterocycles. The molecule has 34 heavy (non-hydrogen) atoms. The van der Waals surface area contributed by atoms with E-state index in [0.717, 1.165) is 5.56 Å². The summed E-state index contributed by atoms with van der Waals surface area (Å²) in [6.45, 7) is 8.25. The first kappa shape index (κ1) is 25.7. The number of likely N-dealkylation sites (tertiary alicyclic amines) is 1. The number of nitrogens with two attached hydrogens (primary N) is 1. The van der Waals surface area contributed by atoms with Crippen molar-refractivity contribution >= 4 is 29.3 Å². The zero-order chi connectivity index (χ0) is 25.3. The lowest BCUT2D eigenvalue weighted by Crippen LogP contribution is -2.60. The molecule has 1 saturated heterocycles. The van der Waals surface area contributed by atoms with Gasteiger partial charge >= 0.3 is 0 Å². The maximum Gasteiger partial charge on any atom is 0.251 e. The number of nitrogens with one attached hydrogen (secondary N) is 1. The van der Waals surface area contributed by atoms with Crippen LogP contribution >= 0.6 is 11.6 Å². The van der Waals surface area contributed by atoms with Crippen molar-refractivity contribution in [3.63, 3.8) is 0 Å². The van der Waals surface area contributed by atoms with Crippen LogP contribution in [0.1, 0.15) is 60.4 Å². The van der Waals surface area contributed by atoms with E-state index < -0.39 is 28.9 Å². The number of rotatable bonds is 6. The summed E-state index contributed by atoms with van der Waals surface area (Å²) < 4.78 is 0. The summed E-state index contributed by atoms with van der Waals surface area (Å²) in [5, 5.41) is 15.0. The quantitative estimate of drug-likeness (QED) is 0.582. The Kier molecular flexibility index (Phi) is 7.38. The molecule has 0 unspecified atom stereocenters. The van der Waals surface area contributed by atoms with Crippen LogP contribution < -0.4 is 11.1 Å². The van der Waals surface area contributed by atoms with Crippen LogP contribution in [-0.2, 0) is 10.4 Å². The number of hydrogen-bond acceptors (Lipinski definition) is 4. The fraction of sp³-hybridized carbons (Fsp3) is 0.423. The number of carbonyl (C=O) groups is 3. The van der Waals surface area contributed by atoms with Crippen LogP contribution in [-0.4, -0.2) is 46.9 Å². The van der Waals surface area contributed by atoms with Crippen molar-refractivity contribution in [2.45, 2.75) is 45.8 Å². The summed E-state index contributed by atoms with van der Waals surface area (Å²) in [6, 6.07) is 12.5. The molecule has 1 heterocycles. The number of hydrogen-bond donors (Lipinski definition) is 3. The Bertz CT molecular complexity index is 1080. The highest BCUT2D eigenvalue weighted by Gasteiger charge is 2.50. The third kappa shape index (κ3) is 5.10. The van der Waals surface area contributed by atoms with Crippen LogP contribution in [0, 0.1) is 11.3 Å². The van der Waals surface area contributed by atoms with E-state index in [1.807, 2.05) is 39.8 Å². The lowest BCUT2D eigenvalue weighted by molar-refractivity contribution is -0.155. The minimum atomic E-state index is -1.12. The molecule has 1 aliphatic heterocycles. The van der Waals surface area contributed by atoms with E-state index in [1.165, 1.54) is 12.1 Å². The fourth-order valence-electron chi connectivity index (χ4n) is 4.52. The zero-order valence-corrected chi connectivity index (χ0v) is 20.7. The molecule has 0 saturated carbocycles. The van der Waals surface area contributed by atoms with Gasteiger partial charge in [0, 0.05) is 34.7 Å². The molecule has 8 heteroatoms. The predicted octanol–water partition coefficient (Wildman–Crippen LogP) is 3.34. The largest absolute Gasteiger partial charge is 0.384 e. The van der Waals surface area contributed by atoms with Crippen LogP contribution in [0.25, 0.3) is 0 Å². The van der Waals surface area contributed by atoms with Gasteiger partial charge in [-0.2, -0.15) is 0 Å². The van der Waals surface area contributed by atoms with Gasteiger partial charge in [0.2, 0.25) is 11.8 Å². The monoisotopic (exact) mass is 485 g/mol. The number of carbonyl (C=O) groups excluding carboxylic acids is 3. The van der Waals surface area contributed by atoms with Gasteiger partial charge in [-0.05, 0) is 48.2 Å². The number of aliphatic hydroxyl groups is 1. The van der Waals surface area contributed by atoms with Crippen LogP contribution in [0.2, 0.25) is 5.02 Å². The highest BCUT2D eigenvalue weighted by atomic mass is 35.5. The Hall–Kier alpha value is -2.90. The van der Waals surface area contributed by atoms with E-state index in [9.17, 15) is 19.5 Å². The minimum Gasteiger partial charge on any atom is -0.384 e. The van der Waals surface area contributed by atoms with E-state index in [0.29, 0.717) is 24.5 Å². The summed E-state index contributed by atoms with van der Waals surface area (Å²) in [7, 11) is 0. The lowest BCUT2D eigenvalue weighted by Gasteiger charge is -2.51. The molecule has 1 aliphatic rings. The van der Waals surface area contributed by atoms with Gasteiger partial charge in [-0.1, -0.05) is 57.5 Å². The van der Waals surface area contributed by atoms with Crippen molar-refractivity contribution in [2.75, 3.05) is 13.1 Å². The highest BCUT2D eigenvalue weighted by Crippen LogP contribution is 2.46. The number of amides is 3. The van der Waals surface area contributed by atoms with E-state index >= 15 is 0 Å². The van der Waals surface area contributed by atoms with Crippen molar-refractivity contribution in [1.29, 1.82) is 0 Å². The third-order valence-corrected chi connectivity index (χ3v) is 6.96.